The monoisotopic (exact) mass is 263 g/mol. The first-order valence-corrected chi connectivity index (χ1v) is 5.90. The highest BCUT2D eigenvalue weighted by Gasteiger charge is 2.10. The van der Waals surface area contributed by atoms with Gasteiger partial charge in [0.25, 0.3) is 0 Å². The molecule has 0 atom stereocenters. The molecule has 1 heterocycles. The second kappa shape index (κ2) is 5.33. The van der Waals surface area contributed by atoms with Gasteiger partial charge in [0, 0.05) is 17.8 Å². The minimum Gasteiger partial charge on any atom is -0.496 e. The number of nitrogens with two attached hydrogens (primary N) is 1. The highest BCUT2D eigenvalue weighted by molar-refractivity contribution is 6.30. The Labute approximate surface area is 111 Å². The standard InChI is InChI=1S/C13H14ClN3O/c1-8-7-16-13(17-11(8)6-15)10-4-3-9(14)5-12(10)18-2/h3-5,7H,6,15H2,1-2H3. The number of rotatable bonds is 3. The lowest BCUT2D eigenvalue weighted by atomic mass is 10.1. The normalized spacial score (nSPS) is 10.4. The molecule has 0 fully saturated rings. The molecule has 4 nitrogen and oxygen atoms in total. The molecule has 94 valence electrons. The highest BCUT2D eigenvalue weighted by atomic mass is 35.5. The molecule has 2 aromatic rings. The maximum atomic E-state index is 5.93. The van der Waals surface area contributed by atoms with Gasteiger partial charge in [-0.2, -0.15) is 0 Å². The Bertz CT molecular complexity index is 572. The van der Waals surface area contributed by atoms with E-state index in [4.69, 9.17) is 22.1 Å². The molecule has 0 aliphatic carbocycles. The minimum atomic E-state index is 0.386. The molecule has 5 heteroatoms. The van der Waals surface area contributed by atoms with Crippen molar-refractivity contribution in [3.05, 3.63) is 40.7 Å². The summed E-state index contributed by atoms with van der Waals surface area (Å²) >= 11 is 5.93. The van der Waals surface area contributed by atoms with Crippen LogP contribution in [0, 0.1) is 6.92 Å². The maximum Gasteiger partial charge on any atom is 0.163 e. The maximum absolute atomic E-state index is 5.93. The van der Waals surface area contributed by atoms with Crippen LogP contribution in [-0.4, -0.2) is 17.1 Å². The van der Waals surface area contributed by atoms with Gasteiger partial charge in [-0.15, -0.1) is 0 Å². The summed E-state index contributed by atoms with van der Waals surface area (Å²) in [6.07, 6.45) is 1.76. The zero-order valence-corrected chi connectivity index (χ0v) is 11.0. The van der Waals surface area contributed by atoms with Crippen molar-refractivity contribution in [1.29, 1.82) is 0 Å². The van der Waals surface area contributed by atoms with E-state index in [-0.39, 0.29) is 0 Å². The Kier molecular flexibility index (Phi) is 3.79. The Morgan fingerprint density at radius 2 is 2.17 bits per heavy atom. The molecule has 0 amide bonds. The largest absolute Gasteiger partial charge is 0.496 e. The molecule has 1 aromatic heterocycles. The van der Waals surface area contributed by atoms with Crippen LogP contribution in [0.4, 0.5) is 0 Å². The fraction of sp³-hybridized carbons (Fsp3) is 0.231. The molecule has 0 saturated carbocycles. The molecule has 1 aromatic carbocycles. The van der Waals surface area contributed by atoms with Gasteiger partial charge >= 0.3 is 0 Å². The van der Waals surface area contributed by atoms with E-state index in [0.717, 1.165) is 16.8 Å². The summed E-state index contributed by atoms with van der Waals surface area (Å²) in [7, 11) is 1.59. The first-order chi connectivity index (χ1) is 8.65. The SMILES string of the molecule is COc1cc(Cl)ccc1-c1ncc(C)c(CN)n1. The van der Waals surface area contributed by atoms with Gasteiger partial charge in [0.2, 0.25) is 0 Å². The van der Waals surface area contributed by atoms with E-state index in [0.29, 0.717) is 23.1 Å². The number of methoxy groups -OCH3 is 1. The van der Waals surface area contributed by atoms with Crippen LogP contribution >= 0.6 is 11.6 Å². The molecule has 2 N–H and O–H groups in total. The van der Waals surface area contributed by atoms with E-state index in [1.165, 1.54) is 0 Å². The van der Waals surface area contributed by atoms with Crippen molar-refractivity contribution in [1.82, 2.24) is 9.97 Å². The van der Waals surface area contributed by atoms with Gasteiger partial charge in [-0.1, -0.05) is 11.6 Å². The molecular weight excluding hydrogens is 250 g/mol. The van der Waals surface area contributed by atoms with E-state index in [1.807, 2.05) is 13.0 Å². The lowest BCUT2D eigenvalue weighted by molar-refractivity contribution is 0.416. The van der Waals surface area contributed by atoms with Crippen LogP contribution in [0.3, 0.4) is 0 Å². The smallest absolute Gasteiger partial charge is 0.163 e. The first-order valence-electron chi connectivity index (χ1n) is 5.52. The van der Waals surface area contributed by atoms with Crippen molar-refractivity contribution in [2.75, 3.05) is 7.11 Å². The summed E-state index contributed by atoms with van der Waals surface area (Å²) in [6.45, 7) is 2.32. The van der Waals surface area contributed by atoms with E-state index in [2.05, 4.69) is 9.97 Å². The number of aromatic nitrogens is 2. The van der Waals surface area contributed by atoms with Crippen molar-refractivity contribution in [2.45, 2.75) is 13.5 Å². The van der Waals surface area contributed by atoms with Crippen molar-refractivity contribution in [3.8, 4) is 17.1 Å². The molecule has 0 radical (unpaired) electrons. The highest BCUT2D eigenvalue weighted by Crippen LogP contribution is 2.30. The van der Waals surface area contributed by atoms with E-state index >= 15 is 0 Å². The molecular formula is C13H14ClN3O. The van der Waals surface area contributed by atoms with Gasteiger partial charge in [0.15, 0.2) is 5.82 Å². The molecule has 0 bridgehead atoms. The van der Waals surface area contributed by atoms with Crippen LogP contribution in [0.1, 0.15) is 11.3 Å². The molecule has 0 saturated heterocycles. The summed E-state index contributed by atoms with van der Waals surface area (Å²) < 4.78 is 5.29. The topological polar surface area (TPSA) is 61.0 Å². The van der Waals surface area contributed by atoms with Crippen LogP contribution in [0.25, 0.3) is 11.4 Å². The molecule has 0 unspecified atom stereocenters. The number of aryl methyl sites for hydroxylation is 1. The second-order valence-corrected chi connectivity index (χ2v) is 4.31. The predicted molar refractivity (Wildman–Crippen MR) is 71.7 cm³/mol. The average Bonchev–Trinajstić information content (AvgIpc) is 2.39. The van der Waals surface area contributed by atoms with Crippen LogP contribution in [0.15, 0.2) is 24.4 Å². The number of halogens is 1. The van der Waals surface area contributed by atoms with Gasteiger partial charge in [-0.3, -0.25) is 0 Å². The van der Waals surface area contributed by atoms with E-state index in [1.54, 1.807) is 25.4 Å². The number of ether oxygens (including phenoxy) is 1. The Balaban J connectivity index is 2.54. The van der Waals surface area contributed by atoms with Gasteiger partial charge in [0.1, 0.15) is 5.75 Å². The molecule has 0 aliphatic rings. The third-order valence-corrected chi connectivity index (χ3v) is 2.91. The third-order valence-electron chi connectivity index (χ3n) is 2.67. The summed E-state index contributed by atoms with van der Waals surface area (Å²) in [4.78, 5) is 8.75. The third kappa shape index (κ3) is 2.44. The Morgan fingerprint density at radius 3 is 2.83 bits per heavy atom. The number of benzene rings is 1. The van der Waals surface area contributed by atoms with Crippen LogP contribution in [0.2, 0.25) is 5.02 Å². The van der Waals surface area contributed by atoms with Crippen molar-refractivity contribution >= 4 is 11.6 Å². The van der Waals surface area contributed by atoms with Gasteiger partial charge in [-0.05, 0) is 30.7 Å². The first kappa shape index (κ1) is 12.8. The molecule has 0 aliphatic heterocycles. The number of hydrogen-bond donors (Lipinski definition) is 1. The van der Waals surface area contributed by atoms with Gasteiger partial charge in [0.05, 0.1) is 18.4 Å². The van der Waals surface area contributed by atoms with Crippen LogP contribution in [-0.2, 0) is 6.54 Å². The van der Waals surface area contributed by atoms with Gasteiger partial charge in [-0.25, -0.2) is 9.97 Å². The molecule has 0 spiro atoms. The minimum absolute atomic E-state index is 0.386. The summed E-state index contributed by atoms with van der Waals surface area (Å²) in [5.41, 5.74) is 8.26. The summed E-state index contributed by atoms with van der Waals surface area (Å²) in [5, 5.41) is 0.613. The lowest BCUT2D eigenvalue weighted by Gasteiger charge is -2.09. The zero-order chi connectivity index (χ0) is 13.1. The Morgan fingerprint density at radius 1 is 1.39 bits per heavy atom. The zero-order valence-electron chi connectivity index (χ0n) is 10.3. The van der Waals surface area contributed by atoms with Crippen molar-refractivity contribution in [3.63, 3.8) is 0 Å². The molecule has 18 heavy (non-hydrogen) atoms. The van der Waals surface area contributed by atoms with Crippen LogP contribution < -0.4 is 10.5 Å². The predicted octanol–water partition coefficient (Wildman–Crippen LogP) is 2.57. The quantitative estimate of drug-likeness (QED) is 0.925. The summed E-state index contributed by atoms with van der Waals surface area (Å²) in [6, 6.07) is 5.36. The fourth-order valence-electron chi connectivity index (χ4n) is 1.66. The number of nitrogens with zero attached hydrogens (tertiary/aromatic N) is 2. The second-order valence-electron chi connectivity index (χ2n) is 3.87. The van der Waals surface area contributed by atoms with Crippen molar-refractivity contribution < 1.29 is 4.74 Å². The fourth-order valence-corrected chi connectivity index (χ4v) is 1.83. The molecule has 2 rings (SSSR count). The number of hydrogen-bond acceptors (Lipinski definition) is 4. The van der Waals surface area contributed by atoms with Crippen molar-refractivity contribution in [2.24, 2.45) is 5.73 Å². The van der Waals surface area contributed by atoms with Crippen LogP contribution in [0.5, 0.6) is 5.75 Å². The van der Waals surface area contributed by atoms with E-state index in [9.17, 15) is 0 Å². The lowest BCUT2D eigenvalue weighted by Crippen LogP contribution is -2.05. The average molecular weight is 264 g/mol. The van der Waals surface area contributed by atoms with Gasteiger partial charge < -0.3 is 10.5 Å². The van der Waals surface area contributed by atoms with E-state index < -0.39 is 0 Å². The summed E-state index contributed by atoms with van der Waals surface area (Å²) in [5.74, 6) is 1.24. The Hall–Kier alpha value is -1.65.